The summed E-state index contributed by atoms with van der Waals surface area (Å²) in [5, 5.41) is -0.121. The van der Waals surface area contributed by atoms with Crippen LogP contribution in [0.3, 0.4) is 0 Å². The van der Waals surface area contributed by atoms with Crippen LogP contribution in [0.5, 0.6) is 0 Å². The largest absolute Gasteiger partial charge is 0.397 e. The quantitative estimate of drug-likeness (QED) is 0.0506. The molecule has 0 spiro atoms. The van der Waals surface area contributed by atoms with Gasteiger partial charge in [0, 0.05) is 12.0 Å². The third-order valence-corrected chi connectivity index (χ3v) is 13.6. The van der Waals surface area contributed by atoms with Gasteiger partial charge in [-0.05, 0) is 33.1 Å². The molecule has 0 aliphatic carbocycles. The first kappa shape index (κ1) is 42.2. The van der Waals surface area contributed by atoms with Gasteiger partial charge in [-0.25, -0.2) is 4.18 Å². The number of hydrogen-bond donors (Lipinski definition) is 1. The second-order valence-corrected chi connectivity index (χ2v) is 17.8. The smallest absolute Gasteiger partial charge is 0.377 e. The molecular formula is C46H51O10S2+. The molecule has 10 nitrogen and oxygen atoms in total. The number of hydrogen-bond acceptors (Lipinski definition) is 9. The minimum absolute atomic E-state index is 0.100. The van der Waals surface area contributed by atoms with Crippen molar-refractivity contribution in [1.82, 2.24) is 0 Å². The summed E-state index contributed by atoms with van der Waals surface area (Å²) in [5.41, 5.74) is 4.95. The van der Waals surface area contributed by atoms with Crippen LogP contribution in [0, 0.1) is 0 Å². The molecule has 0 bridgehead atoms. The number of ether oxygens (including phenoxy) is 6. The highest BCUT2D eigenvalue weighted by atomic mass is 32.3. The highest BCUT2D eigenvalue weighted by Crippen LogP contribution is 2.37. The maximum absolute atomic E-state index is 12.2. The number of rotatable bonds is 19. The Labute approximate surface area is 344 Å². The van der Waals surface area contributed by atoms with E-state index < -0.39 is 58.1 Å². The summed E-state index contributed by atoms with van der Waals surface area (Å²) in [4.78, 5) is 0. The maximum Gasteiger partial charge on any atom is 0.397 e. The van der Waals surface area contributed by atoms with E-state index in [1.807, 2.05) is 152 Å². The van der Waals surface area contributed by atoms with Crippen molar-refractivity contribution >= 4 is 21.3 Å². The molecule has 12 heteroatoms. The molecule has 7 rings (SSSR count). The van der Waals surface area contributed by atoms with Crippen molar-refractivity contribution in [2.75, 3.05) is 24.7 Å². The Hall–Kier alpha value is -3.92. The first-order chi connectivity index (χ1) is 28.4. The fourth-order valence-corrected chi connectivity index (χ4v) is 10.9. The Morgan fingerprint density at radius 2 is 1.09 bits per heavy atom. The Morgan fingerprint density at radius 1 is 0.603 bits per heavy atom. The predicted molar refractivity (Wildman–Crippen MR) is 223 cm³/mol. The van der Waals surface area contributed by atoms with Gasteiger partial charge < -0.3 is 28.4 Å². The lowest BCUT2D eigenvalue weighted by molar-refractivity contribution is -0.245. The molecular weight excluding hydrogens is 777 g/mol. The molecule has 1 unspecified atom stereocenters. The lowest BCUT2D eigenvalue weighted by Crippen LogP contribution is -2.61. The van der Waals surface area contributed by atoms with Crippen molar-refractivity contribution in [3.63, 3.8) is 0 Å². The normalized spacial score (nSPS) is 25.0. The van der Waals surface area contributed by atoms with Crippen LogP contribution in [0.2, 0.25) is 0 Å². The molecule has 2 aliphatic rings. The minimum atomic E-state index is -4.83. The first-order valence-corrected chi connectivity index (χ1v) is 22.6. The van der Waals surface area contributed by atoms with Gasteiger partial charge in [-0.15, -0.1) is 0 Å². The average Bonchev–Trinajstić information content (AvgIpc) is 3.25. The van der Waals surface area contributed by atoms with Gasteiger partial charge >= 0.3 is 10.4 Å². The molecule has 5 aromatic carbocycles. The van der Waals surface area contributed by atoms with Crippen molar-refractivity contribution < 1.29 is 45.6 Å². The van der Waals surface area contributed by atoms with Crippen LogP contribution in [-0.2, 0) is 80.3 Å². The second kappa shape index (κ2) is 21.4. The van der Waals surface area contributed by atoms with Crippen LogP contribution < -0.4 is 0 Å². The second-order valence-electron chi connectivity index (χ2n) is 14.4. The topological polar surface area (TPSA) is 119 Å². The van der Waals surface area contributed by atoms with Crippen molar-refractivity contribution in [2.24, 2.45) is 0 Å². The highest BCUT2D eigenvalue weighted by molar-refractivity contribution is 7.97. The lowest BCUT2D eigenvalue weighted by Gasteiger charge is -2.43. The molecule has 0 radical (unpaired) electrons. The molecule has 2 heterocycles. The summed E-state index contributed by atoms with van der Waals surface area (Å²) in [5.74, 6) is 0.966. The highest BCUT2D eigenvalue weighted by Gasteiger charge is 2.55. The van der Waals surface area contributed by atoms with Crippen molar-refractivity contribution in [3.8, 4) is 0 Å². The standard InChI is InChI=1S/C46H50O10S2/c47-58(48,49)56-40-32-54-46(39-24-14-5-15-25-39)55-41(40)33-57-34-42(51-29-36-18-8-2-9-19-36)44(52-30-37-20-10-3-11-21-37)45(53-31-38-22-12-4-13-23-38)43(57)26-27-50-28-35-16-6-1-7-17-35/h1-25,40-46H,26-34H2/p+1/t40-,41+,42-,43+,44-,45+,46-,57?/m1/s1. The first-order valence-electron chi connectivity index (χ1n) is 19.6. The van der Waals surface area contributed by atoms with Crippen LogP contribution in [0.25, 0.3) is 0 Å². The molecule has 5 aromatic rings. The molecule has 8 atom stereocenters. The maximum atomic E-state index is 12.2. The fourth-order valence-electron chi connectivity index (χ4n) is 7.35. The van der Waals surface area contributed by atoms with Gasteiger partial charge in [-0.3, -0.25) is 4.55 Å². The third-order valence-electron chi connectivity index (χ3n) is 10.2. The zero-order chi connectivity index (χ0) is 40.0. The molecule has 1 N–H and O–H groups in total. The van der Waals surface area contributed by atoms with E-state index in [9.17, 15) is 13.0 Å². The van der Waals surface area contributed by atoms with Crippen LogP contribution in [0.4, 0.5) is 0 Å². The molecule has 0 amide bonds. The van der Waals surface area contributed by atoms with E-state index in [-0.39, 0.29) is 11.9 Å². The SMILES string of the molecule is O=S(=O)(O)O[C@@H]1CO[C@@H](c2ccccc2)O[C@H]1C[S+]1C[C@@H](OCc2ccccc2)[C@@H](OCc2ccccc2)[C@@H](OCc2ccccc2)[C@@H]1CCOCc1ccccc1. The average molecular weight is 828 g/mol. The van der Waals surface area contributed by atoms with Crippen LogP contribution in [-0.4, -0.2) is 73.5 Å². The zero-order valence-electron chi connectivity index (χ0n) is 32.3. The van der Waals surface area contributed by atoms with Gasteiger partial charge in [0.05, 0.1) is 39.6 Å². The summed E-state index contributed by atoms with van der Waals surface area (Å²) in [7, 11) is -5.37. The lowest BCUT2D eigenvalue weighted by atomic mass is 10.0. The van der Waals surface area contributed by atoms with Crippen LogP contribution in [0.15, 0.2) is 152 Å². The van der Waals surface area contributed by atoms with E-state index in [2.05, 4.69) is 0 Å². The molecule has 2 fully saturated rings. The van der Waals surface area contributed by atoms with Crippen LogP contribution in [0.1, 0.15) is 40.5 Å². The van der Waals surface area contributed by atoms with Gasteiger partial charge in [0.25, 0.3) is 0 Å². The van der Waals surface area contributed by atoms with E-state index in [4.69, 9.17) is 32.6 Å². The summed E-state index contributed by atoms with van der Waals surface area (Å²) >= 11 is 0. The van der Waals surface area contributed by atoms with E-state index >= 15 is 0 Å². The minimum Gasteiger partial charge on any atom is -0.377 e. The Kier molecular flexibility index (Phi) is 15.6. The predicted octanol–water partition coefficient (Wildman–Crippen LogP) is 7.65. The van der Waals surface area contributed by atoms with Gasteiger partial charge in [0.15, 0.2) is 6.29 Å². The van der Waals surface area contributed by atoms with E-state index in [0.717, 1.165) is 27.8 Å². The molecule has 58 heavy (non-hydrogen) atoms. The van der Waals surface area contributed by atoms with Gasteiger partial charge in [0.1, 0.15) is 47.3 Å². The van der Waals surface area contributed by atoms with Gasteiger partial charge in [-0.1, -0.05) is 152 Å². The van der Waals surface area contributed by atoms with Crippen LogP contribution >= 0.6 is 0 Å². The van der Waals surface area contributed by atoms with E-state index in [1.54, 1.807) is 0 Å². The molecule has 0 saturated carbocycles. The summed E-state index contributed by atoms with van der Waals surface area (Å²) in [6, 6.07) is 49.7. The Balaban J connectivity index is 1.23. The molecule has 2 saturated heterocycles. The molecule has 0 aromatic heterocycles. The van der Waals surface area contributed by atoms with Crippen molar-refractivity contribution in [1.29, 1.82) is 0 Å². The van der Waals surface area contributed by atoms with Crippen molar-refractivity contribution in [3.05, 3.63) is 179 Å². The van der Waals surface area contributed by atoms with Gasteiger partial charge in [0.2, 0.25) is 0 Å². The summed E-state index contributed by atoms with van der Waals surface area (Å²) in [6.07, 6.45) is -3.30. The Morgan fingerprint density at radius 3 is 1.62 bits per heavy atom. The monoisotopic (exact) mass is 827 g/mol. The summed E-state index contributed by atoms with van der Waals surface area (Å²) < 4.78 is 79.1. The summed E-state index contributed by atoms with van der Waals surface area (Å²) in [6.45, 7) is 1.87. The number of benzene rings is 5. The van der Waals surface area contributed by atoms with Gasteiger partial charge in [-0.2, -0.15) is 8.42 Å². The third kappa shape index (κ3) is 12.5. The van der Waals surface area contributed by atoms with Crippen molar-refractivity contribution in [2.45, 2.75) is 74.9 Å². The molecule has 2 aliphatic heterocycles. The molecule has 306 valence electrons. The fraction of sp³-hybridized carbons (Fsp3) is 0.348. The van der Waals surface area contributed by atoms with E-state index in [1.165, 1.54) is 0 Å². The zero-order valence-corrected chi connectivity index (χ0v) is 33.9. The Bertz CT molecular complexity index is 2030. The van der Waals surface area contributed by atoms with E-state index in [0.29, 0.717) is 51.0 Å².